The van der Waals surface area contributed by atoms with E-state index in [4.69, 9.17) is 4.74 Å². The smallest absolute Gasteiger partial charge is 0.293 e. The van der Waals surface area contributed by atoms with E-state index in [0.717, 1.165) is 0 Å². The Labute approximate surface area is 96.2 Å². The first-order chi connectivity index (χ1) is 8.20. The number of carbonyl (C=O) groups is 1. The number of amides is 1. The van der Waals surface area contributed by atoms with E-state index in [-0.39, 0.29) is 12.4 Å². The third-order valence-corrected chi connectivity index (χ3v) is 2.08. The first-order valence-electron chi connectivity index (χ1n) is 4.79. The Morgan fingerprint density at radius 1 is 1.65 bits per heavy atom. The Balaban J connectivity index is 1.96. The Kier molecular flexibility index (Phi) is 2.99. The van der Waals surface area contributed by atoms with Gasteiger partial charge in [0.05, 0.1) is 19.3 Å². The number of ether oxygens (including phenoxy) is 1. The average molecular weight is 237 g/mol. The predicted molar refractivity (Wildman–Crippen MR) is 55.1 cm³/mol. The highest BCUT2D eigenvalue weighted by Gasteiger charge is 2.11. The molecule has 0 saturated heterocycles. The molecule has 17 heavy (non-hydrogen) atoms. The van der Waals surface area contributed by atoms with Gasteiger partial charge in [0.15, 0.2) is 0 Å². The van der Waals surface area contributed by atoms with E-state index in [1.54, 1.807) is 24.9 Å². The number of tetrazole rings is 1. The summed E-state index contributed by atoms with van der Waals surface area (Å²) in [5, 5.41) is 19.4. The maximum Gasteiger partial charge on any atom is 0.293 e. The number of rotatable bonds is 4. The minimum atomic E-state index is -0.414. The lowest BCUT2D eigenvalue weighted by Crippen LogP contribution is -2.24. The number of aromatic amines is 1. The summed E-state index contributed by atoms with van der Waals surface area (Å²) in [5.41, 5.74) is 0.682. The van der Waals surface area contributed by atoms with Crippen LogP contribution >= 0.6 is 0 Å². The lowest BCUT2D eigenvalue weighted by molar-refractivity contribution is 0.0940. The van der Waals surface area contributed by atoms with E-state index < -0.39 is 5.91 Å². The summed E-state index contributed by atoms with van der Waals surface area (Å²) in [6, 6.07) is 1.73. The van der Waals surface area contributed by atoms with Gasteiger partial charge in [-0.05, 0) is 5.21 Å². The zero-order valence-corrected chi connectivity index (χ0v) is 9.34. The molecule has 0 aliphatic heterocycles. The number of methoxy groups -OCH3 is 1. The lowest BCUT2D eigenvalue weighted by atomic mass is 10.4. The van der Waals surface area contributed by atoms with Crippen molar-refractivity contribution in [2.24, 2.45) is 7.05 Å². The van der Waals surface area contributed by atoms with Crippen molar-refractivity contribution in [3.05, 3.63) is 17.6 Å². The highest BCUT2D eigenvalue weighted by Crippen LogP contribution is 2.10. The fourth-order valence-electron chi connectivity index (χ4n) is 1.29. The number of H-pyrrole nitrogens is 1. The van der Waals surface area contributed by atoms with E-state index in [9.17, 15) is 4.79 Å². The largest absolute Gasteiger partial charge is 0.481 e. The first-order valence-corrected chi connectivity index (χ1v) is 4.79. The molecule has 9 heteroatoms. The molecule has 0 saturated carbocycles. The van der Waals surface area contributed by atoms with Crippen LogP contribution in [0.4, 0.5) is 0 Å². The number of aryl methyl sites for hydroxylation is 1. The predicted octanol–water partition coefficient (Wildman–Crippen LogP) is -1.13. The molecule has 0 fully saturated rings. The molecule has 2 heterocycles. The van der Waals surface area contributed by atoms with Gasteiger partial charge < -0.3 is 10.1 Å². The van der Waals surface area contributed by atoms with Crippen molar-refractivity contribution in [1.82, 2.24) is 35.7 Å². The van der Waals surface area contributed by atoms with Gasteiger partial charge in [-0.15, -0.1) is 10.2 Å². The molecule has 2 aromatic heterocycles. The van der Waals surface area contributed by atoms with Crippen LogP contribution in [0.5, 0.6) is 5.88 Å². The van der Waals surface area contributed by atoms with Crippen molar-refractivity contribution in [1.29, 1.82) is 0 Å². The Morgan fingerprint density at radius 3 is 3.06 bits per heavy atom. The first kappa shape index (κ1) is 11.0. The van der Waals surface area contributed by atoms with Gasteiger partial charge in [0.25, 0.3) is 11.7 Å². The molecular formula is C8H11N7O2. The van der Waals surface area contributed by atoms with Gasteiger partial charge in [0, 0.05) is 13.1 Å². The van der Waals surface area contributed by atoms with Gasteiger partial charge in [-0.2, -0.15) is 10.3 Å². The maximum atomic E-state index is 11.5. The van der Waals surface area contributed by atoms with Crippen molar-refractivity contribution in [3.8, 4) is 5.88 Å². The number of hydrogen-bond donors (Lipinski definition) is 2. The van der Waals surface area contributed by atoms with Crippen LogP contribution in [0.3, 0.4) is 0 Å². The molecule has 0 aliphatic carbocycles. The molecule has 0 aromatic carbocycles. The molecule has 90 valence electrons. The van der Waals surface area contributed by atoms with Crippen molar-refractivity contribution in [2.45, 2.75) is 6.54 Å². The highest BCUT2D eigenvalue weighted by atomic mass is 16.5. The molecule has 0 unspecified atom stereocenters. The van der Waals surface area contributed by atoms with E-state index in [1.165, 1.54) is 0 Å². The molecule has 2 rings (SSSR count). The summed E-state index contributed by atoms with van der Waals surface area (Å²) in [7, 11) is 3.31. The summed E-state index contributed by atoms with van der Waals surface area (Å²) < 4.78 is 6.63. The minimum Gasteiger partial charge on any atom is -0.481 e. The normalized spacial score (nSPS) is 10.2. The average Bonchev–Trinajstić information content (AvgIpc) is 2.95. The molecule has 2 aromatic rings. The van der Waals surface area contributed by atoms with E-state index >= 15 is 0 Å². The van der Waals surface area contributed by atoms with Crippen LogP contribution in [0.15, 0.2) is 6.07 Å². The molecular weight excluding hydrogens is 226 g/mol. The number of nitrogens with one attached hydrogen (secondary N) is 2. The van der Waals surface area contributed by atoms with Crippen molar-refractivity contribution < 1.29 is 9.53 Å². The molecule has 0 bridgehead atoms. The summed E-state index contributed by atoms with van der Waals surface area (Å²) in [6.07, 6.45) is 0. The number of nitrogens with zero attached hydrogens (tertiary/aromatic N) is 5. The van der Waals surface area contributed by atoms with Gasteiger partial charge in [-0.3, -0.25) is 4.79 Å². The van der Waals surface area contributed by atoms with Gasteiger partial charge in [0.1, 0.15) is 0 Å². The van der Waals surface area contributed by atoms with Gasteiger partial charge in [0.2, 0.25) is 5.88 Å². The van der Waals surface area contributed by atoms with Crippen LogP contribution in [-0.2, 0) is 13.6 Å². The number of aromatic nitrogens is 6. The topological polar surface area (TPSA) is 111 Å². The van der Waals surface area contributed by atoms with Gasteiger partial charge >= 0.3 is 0 Å². The summed E-state index contributed by atoms with van der Waals surface area (Å²) >= 11 is 0. The van der Waals surface area contributed by atoms with Crippen molar-refractivity contribution >= 4 is 5.91 Å². The Hall–Kier alpha value is -2.45. The van der Waals surface area contributed by atoms with Crippen molar-refractivity contribution in [3.63, 3.8) is 0 Å². The fourth-order valence-corrected chi connectivity index (χ4v) is 1.29. The van der Waals surface area contributed by atoms with Crippen molar-refractivity contribution in [2.75, 3.05) is 7.11 Å². The van der Waals surface area contributed by atoms with E-state index in [0.29, 0.717) is 11.6 Å². The van der Waals surface area contributed by atoms with Crippen LogP contribution in [-0.4, -0.2) is 43.4 Å². The fraction of sp³-hybridized carbons (Fsp3) is 0.375. The van der Waals surface area contributed by atoms with Gasteiger partial charge in [-0.1, -0.05) is 0 Å². The van der Waals surface area contributed by atoms with Gasteiger partial charge in [-0.25, -0.2) is 4.68 Å². The second kappa shape index (κ2) is 4.60. The lowest BCUT2D eigenvalue weighted by Gasteiger charge is -1.97. The van der Waals surface area contributed by atoms with E-state index in [2.05, 4.69) is 31.0 Å². The molecule has 0 atom stereocenters. The zero-order chi connectivity index (χ0) is 12.3. The van der Waals surface area contributed by atoms with Crippen LogP contribution in [0.25, 0.3) is 0 Å². The molecule has 1 amide bonds. The molecule has 9 nitrogen and oxygen atoms in total. The third kappa shape index (κ3) is 2.38. The highest BCUT2D eigenvalue weighted by molar-refractivity contribution is 5.89. The summed E-state index contributed by atoms with van der Waals surface area (Å²) in [4.78, 5) is 11.5. The molecule has 2 N–H and O–H groups in total. The molecule has 0 radical (unpaired) electrons. The minimum absolute atomic E-state index is 0.00658. The third-order valence-electron chi connectivity index (χ3n) is 2.08. The molecule has 0 spiro atoms. The standard InChI is InChI=1S/C8H11N7O2/c1-15-6(17-2)3-5(12-15)4-9-8(16)7-10-13-14-11-7/h3H,4H2,1-2H3,(H,9,16)(H,10,11,13,14). The molecule has 0 aliphatic rings. The number of hydrogen-bond acceptors (Lipinski definition) is 6. The van der Waals surface area contributed by atoms with Crippen LogP contribution < -0.4 is 10.1 Å². The SMILES string of the molecule is COc1cc(CNC(=O)c2nn[nH]n2)nn1C. The second-order valence-electron chi connectivity index (χ2n) is 3.22. The van der Waals surface area contributed by atoms with E-state index in [1.807, 2.05) is 0 Å². The monoisotopic (exact) mass is 237 g/mol. The van der Waals surface area contributed by atoms with Crippen LogP contribution in [0.2, 0.25) is 0 Å². The zero-order valence-electron chi connectivity index (χ0n) is 9.34. The number of carbonyl (C=O) groups excluding carboxylic acids is 1. The summed E-state index contributed by atoms with van der Waals surface area (Å²) in [5.74, 6) is 0.199. The maximum absolute atomic E-state index is 11.5. The Bertz CT molecular complexity index is 504. The van der Waals surface area contributed by atoms with Crippen LogP contribution in [0, 0.1) is 0 Å². The quantitative estimate of drug-likeness (QED) is 0.696. The Morgan fingerprint density at radius 2 is 2.47 bits per heavy atom. The summed E-state index contributed by atoms with van der Waals surface area (Å²) in [6.45, 7) is 0.268. The second-order valence-corrected chi connectivity index (χ2v) is 3.22. The van der Waals surface area contributed by atoms with Crippen LogP contribution in [0.1, 0.15) is 16.3 Å².